The summed E-state index contributed by atoms with van der Waals surface area (Å²) in [4.78, 5) is 13.3. The first-order valence-corrected chi connectivity index (χ1v) is 9.13. The van der Waals surface area contributed by atoms with E-state index in [1.165, 1.54) is 36.9 Å². The Labute approximate surface area is 145 Å². The van der Waals surface area contributed by atoms with Gasteiger partial charge in [0.2, 0.25) is 5.91 Å². The molecule has 2 fully saturated rings. The summed E-state index contributed by atoms with van der Waals surface area (Å²) in [6, 6.07) is 5.14. The maximum Gasteiger partial charge on any atom is 0.236 e. The normalized spacial score (nSPS) is 24.0. The highest BCUT2D eigenvalue weighted by Crippen LogP contribution is 2.19. The summed E-state index contributed by atoms with van der Waals surface area (Å²) < 4.78 is 14.3. The fourth-order valence-electron chi connectivity index (χ4n) is 2.97. The molecule has 7 heteroatoms. The first kappa shape index (κ1) is 17.1. The number of hydrogen-bond donors (Lipinski definition) is 1. The molecule has 2 aliphatic rings. The first-order valence-electron chi connectivity index (χ1n) is 8.14. The Morgan fingerprint density at radius 1 is 1.50 bits per heavy atom. The summed E-state index contributed by atoms with van der Waals surface area (Å²) in [5.41, 5.74) is 1.37. The van der Waals surface area contributed by atoms with Crippen molar-refractivity contribution in [2.75, 3.05) is 18.8 Å². The third-order valence-electron chi connectivity index (χ3n) is 4.15. The minimum absolute atomic E-state index is 0.0728. The molecule has 2 aliphatic heterocycles. The number of nitrogens with zero attached hydrogens (tertiary/aromatic N) is 3. The van der Waals surface area contributed by atoms with Gasteiger partial charge in [-0.15, -0.1) is 5.10 Å². The molecule has 2 heterocycles. The number of rotatable bonds is 4. The average molecular weight is 348 g/mol. The van der Waals surface area contributed by atoms with Gasteiger partial charge < -0.3 is 5.32 Å². The zero-order valence-corrected chi connectivity index (χ0v) is 14.5. The van der Waals surface area contributed by atoms with E-state index in [-0.39, 0.29) is 11.7 Å². The maximum atomic E-state index is 14.3. The molecule has 0 spiro atoms. The molecule has 1 amide bonds. The zero-order valence-electron chi connectivity index (χ0n) is 13.7. The first-order chi connectivity index (χ1) is 11.6. The molecule has 3 rings (SSSR count). The second-order valence-corrected chi connectivity index (χ2v) is 7.28. The SMILES string of the molecule is CC1CCCN(Cc2ccc(C=NN=C3NC(=O)CS3)cc2F)C1. The van der Waals surface area contributed by atoms with Crippen LogP contribution in [0.4, 0.5) is 4.39 Å². The van der Waals surface area contributed by atoms with Gasteiger partial charge in [-0.1, -0.05) is 30.8 Å². The number of likely N-dealkylation sites (tertiary alicyclic amines) is 1. The van der Waals surface area contributed by atoms with Gasteiger partial charge >= 0.3 is 0 Å². The third-order valence-corrected chi connectivity index (χ3v) is 5.02. The number of halogens is 1. The van der Waals surface area contributed by atoms with E-state index in [2.05, 4.69) is 27.3 Å². The van der Waals surface area contributed by atoms with Gasteiger partial charge in [-0.05, 0) is 36.9 Å². The van der Waals surface area contributed by atoms with Crippen molar-refractivity contribution in [1.29, 1.82) is 0 Å². The molecule has 2 saturated heterocycles. The van der Waals surface area contributed by atoms with Crippen molar-refractivity contribution in [3.8, 4) is 0 Å². The molecule has 128 valence electrons. The molecule has 24 heavy (non-hydrogen) atoms. The Balaban J connectivity index is 1.61. The Hall–Kier alpha value is -1.73. The average Bonchev–Trinajstić information content (AvgIpc) is 2.95. The number of amidine groups is 1. The summed E-state index contributed by atoms with van der Waals surface area (Å²) >= 11 is 1.31. The molecule has 1 aromatic rings. The highest BCUT2D eigenvalue weighted by atomic mass is 32.2. The van der Waals surface area contributed by atoms with Crippen LogP contribution in [0, 0.1) is 11.7 Å². The van der Waals surface area contributed by atoms with Crippen molar-refractivity contribution in [3.63, 3.8) is 0 Å². The van der Waals surface area contributed by atoms with Crippen LogP contribution in [0.25, 0.3) is 0 Å². The lowest BCUT2D eigenvalue weighted by atomic mass is 9.99. The molecular weight excluding hydrogens is 327 g/mol. The number of benzene rings is 1. The minimum atomic E-state index is -0.214. The van der Waals surface area contributed by atoms with Crippen LogP contribution in [0.3, 0.4) is 0 Å². The van der Waals surface area contributed by atoms with Crippen LogP contribution in [-0.4, -0.2) is 41.0 Å². The van der Waals surface area contributed by atoms with E-state index < -0.39 is 0 Å². The predicted molar refractivity (Wildman–Crippen MR) is 95.7 cm³/mol. The molecule has 0 saturated carbocycles. The fourth-order valence-corrected chi connectivity index (χ4v) is 3.60. The molecule has 1 unspecified atom stereocenters. The zero-order chi connectivity index (χ0) is 16.9. The standard InChI is InChI=1S/C17H21FN4OS/c1-12-3-2-6-22(9-12)10-14-5-4-13(7-15(14)18)8-19-21-17-20-16(23)11-24-17/h4-5,7-8,12H,2-3,6,9-11H2,1H3,(H,20,21,23). The van der Waals surface area contributed by atoms with E-state index in [9.17, 15) is 9.18 Å². The molecule has 0 aliphatic carbocycles. The second kappa shape index (κ2) is 7.90. The van der Waals surface area contributed by atoms with Gasteiger partial charge in [-0.2, -0.15) is 5.10 Å². The van der Waals surface area contributed by atoms with Gasteiger partial charge in [0, 0.05) is 18.7 Å². The molecule has 5 nitrogen and oxygen atoms in total. The molecule has 0 radical (unpaired) electrons. The lowest BCUT2D eigenvalue weighted by Gasteiger charge is -2.30. The Bertz CT molecular complexity index is 677. The number of nitrogens with one attached hydrogen (secondary N) is 1. The smallest absolute Gasteiger partial charge is 0.236 e. The number of amides is 1. The van der Waals surface area contributed by atoms with Crippen molar-refractivity contribution in [2.24, 2.45) is 16.1 Å². The Morgan fingerprint density at radius 3 is 3.08 bits per heavy atom. The Morgan fingerprint density at radius 2 is 2.38 bits per heavy atom. The second-order valence-electron chi connectivity index (χ2n) is 6.32. The van der Waals surface area contributed by atoms with Crippen LogP contribution < -0.4 is 5.32 Å². The monoisotopic (exact) mass is 348 g/mol. The van der Waals surface area contributed by atoms with Gasteiger partial charge in [0.1, 0.15) is 5.82 Å². The van der Waals surface area contributed by atoms with Crippen LogP contribution in [-0.2, 0) is 11.3 Å². The molecule has 1 atom stereocenters. The summed E-state index contributed by atoms with van der Waals surface area (Å²) in [7, 11) is 0. The molecular formula is C17H21FN4OS. The van der Waals surface area contributed by atoms with Crippen molar-refractivity contribution in [3.05, 3.63) is 35.1 Å². The quantitative estimate of drug-likeness (QED) is 0.672. The molecule has 1 N–H and O–H groups in total. The van der Waals surface area contributed by atoms with Crippen molar-refractivity contribution in [1.82, 2.24) is 10.2 Å². The van der Waals surface area contributed by atoms with E-state index in [1.807, 2.05) is 12.1 Å². The third kappa shape index (κ3) is 4.64. The number of carbonyl (C=O) groups excluding carboxylic acids is 1. The van der Waals surface area contributed by atoms with Gasteiger partial charge in [-0.3, -0.25) is 9.69 Å². The Kier molecular flexibility index (Phi) is 5.63. The number of thioether (sulfide) groups is 1. The lowest BCUT2D eigenvalue weighted by molar-refractivity contribution is -0.116. The minimum Gasteiger partial charge on any atom is -0.303 e. The maximum absolute atomic E-state index is 14.3. The van der Waals surface area contributed by atoms with Gasteiger partial charge in [-0.25, -0.2) is 4.39 Å². The summed E-state index contributed by atoms with van der Waals surface area (Å²) in [6.07, 6.45) is 3.94. The highest BCUT2D eigenvalue weighted by Gasteiger charge is 2.18. The summed E-state index contributed by atoms with van der Waals surface area (Å²) in [5.74, 6) is 0.762. The van der Waals surface area contributed by atoms with E-state index in [4.69, 9.17) is 0 Å². The summed E-state index contributed by atoms with van der Waals surface area (Å²) in [6.45, 7) is 4.96. The van der Waals surface area contributed by atoms with E-state index in [0.29, 0.717) is 34.5 Å². The lowest BCUT2D eigenvalue weighted by Crippen LogP contribution is -2.33. The number of piperidine rings is 1. The topological polar surface area (TPSA) is 57.1 Å². The number of carbonyl (C=O) groups is 1. The van der Waals surface area contributed by atoms with E-state index in [0.717, 1.165) is 13.1 Å². The van der Waals surface area contributed by atoms with E-state index in [1.54, 1.807) is 0 Å². The van der Waals surface area contributed by atoms with Crippen molar-refractivity contribution >= 4 is 29.1 Å². The van der Waals surface area contributed by atoms with Gasteiger partial charge in [0.05, 0.1) is 12.0 Å². The highest BCUT2D eigenvalue weighted by molar-refractivity contribution is 8.15. The van der Waals surface area contributed by atoms with E-state index >= 15 is 0 Å². The number of hydrogen-bond acceptors (Lipinski definition) is 5. The van der Waals surface area contributed by atoms with Crippen LogP contribution in [0.5, 0.6) is 0 Å². The van der Waals surface area contributed by atoms with Crippen LogP contribution in [0.1, 0.15) is 30.9 Å². The molecule has 1 aromatic carbocycles. The van der Waals surface area contributed by atoms with Gasteiger partial charge in [0.25, 0.3) is 0 Å². The predicted octanol–water partition coefficient (Wildman–Crippen LogP) is 2.61. The van der Waals surface area contributed by atoms with Crippen LogP contribution in [0.2, 0.25) is 0 Å². The largest absolute Gasteiger partial charge is 0.303 e. The van der Waals surface area contributed by atoms with Crippen molar-refractivity contribution in [2.45, 2.75) is 26.3 Å². The van der Waals surface area contributed by atoms with Crippen molar-refractivity contribution < 1.29 is 9.18 Å². The van der Waals surface area contributed by atoms with Crippen LogP contribution >= 0.6 is 11.8 Å². The van der Waals surface area contributed by atoms with Crippen LogP contribution in [0.15, 0.2) is 28.4 Å². The molecule has 0 bridgehead atoms. The summed E-state index contributed by atoms with van der Waals surface area (Å²) in [5, 5.41) is 10.9. The fraction of sp³-hybridized carbons (Fsp3) is 0.471. The van der Waals surface area contributed by atoms with Gasteiger partial charge in [0.15, 0.2) is 5.17 Å². The molecule has 0 aromatic heterocycles.